The van der Waals surface area contributed by atoms with Gasteiger partial charge >= 0.3 is 6.03 Å². The van der Waals surface area contributed by atoms with Crippen LogP contribution in [0.3, 0.4) is 0 Å². The summed E-state index contributed by atoms with van der Waals surface area (Å²) in [6, 6.07) is 25.5. The Labute approximate surface area is 193 Å². The van der Waals surface area contributed by atoms with Crippen LogP contribution in [-0.4, -0.2) is 15.5 Å². The molecule has 0 saturated carbocycles. The maximum Gasteiger partial charge on any atom is 0.322 e. The third-order valence-corrected chi connectivity index (χ3v) is 6.62. The normalized spacial score (nSPS) is 15.0. The number of amides is 2. The fourth-order valence-electron chi connectivity index (χ4n) is 4.44. The van der Waals surface area contributed by atoms with Crippen molar-refractivity contribution in [2.45, 2.75) is 26.4 Å². The molecule has 0 bridgehead atoms. The summed E-state index contributed by atoms with van der Waals surface area (Å²) in [4.78, 5) is 15.7. The van der Waals surface area contributed by atoms with E-state index in [1.807, 2.05) is 85.6 Å². The topological polar surface area (TPSA) is 37.3 Å². The Bertz CT molecular complexity index is 1310. The molecule has 0 spiro atoms. The number of carbonyl (C=O) groups excluding carboxylic acids is 1. The van der Waals surface area contributed by atoms with Gasteiger partial charge in [0.1, 0.15) is 6.04 Å². The summed E-state index contributed by atoms with van der Waals surface area (Å²) >= 11 is 6.66. The van der Waals surface area contributed by atoms with Crippen LogP contribution in [0.15, 0.2) is 85.1 Å². The summed E-state index contributed by atoms with van der Waals surface area (Å²) in [5, 5.41) is 3.80. The van der Waals surface area contributed by atoms with Crippen LogP contribution in [0.1, 0.15) is 34.0 Å². The number of carbonyl (C=O) groups is 1. The highest BCUT2D eigenvalue weighted by Gasteiger charge is 2.34. The maximum absolute atomic E-state index is 13.8. The summed E-state index contributed by atoms with van der Waals surface area (Å²) in [5.74, 6) is 0. The molecule has 2 amide bonds. The van der Waals surface area contributed by atoms with E-state index in [9.17, 15) is 4.79 Å². The molecule has 0 aliphatic carbocycles. The molecule has 0 saturated heterocycles. The molecule has 1 aliphatic rings. The summed E-state index contributed by atoms with van der Waals surface area (Å²) in [6.45, 7) is 4.54. The van der Waals surface area contributed by atoms with Gasteiger partial charge in [0.15, 0.2) is 0 Å². The van der Waals surface area contributed by atoms with E-state index in [0.29, 0.717) is 11.6 Å². The van der Waals surface area contributed by atoms with Crippen molar-refractivity contribution in [2.24, 2.45) is 0 Å². The van der Waals surface area contributed by atoms with Crippen molar-refractivity contribution >= 4 is 23.3 Å². The lowest BCUT2D eigenvalue weighted by molar-refractivity contribution is 0.194. The lowest BCUT2D eigenvalue weighted by Gasteiger charge is -2.31. The zero-order chi connectivity index (χ0) is 22.2. The molecule has 3 aromatic carbocycles. The minimum atomic E-state index is -0.337. The van der Waals surface area contributed by atoms with E-state index in [1.54, 1.807) is 0 Å². The van der Waals surface area contributed by atoms with Gasteiger partial charge in [-0.05, 0) is 66.4 Å². The van der Waals surface area contributed by atoms with Crippen molar-refractivity contribution < 1.29 is 4.79 Å². The molecule has 1 aromatic heterocycles. The van der Waals surface area contributed by atoms with Crippen LogP contribution in [-0.2, 0) is 6.54 Å². The van der Waals surface area contributed by atoms with E-state index in [4.69, 9.17) is 11.6 Å². The summed E-state index contributed by atoms with van der Waals surface area (Å²) < 4.78 is 2.16. The monoisotopic (exact) mass is 441 g/mol. The van der Waals surface area contributed by atoms with Crippen molar-refractivity contribution in [3.63, 3.8) is 0 Å². The molecule has 1 aliphatic heterocycles. The third kappa shape index (κ3) is 3.47. The summed E-state index contributed by atoms with van der Waals surface area (Å²) in [5.41, 5.74) is 7.08. The van der Waals surface area contributed by atoms with Crippen LogP contribution in [0.4, 0.5) is 10.5 Å². The number of para-hydroxylation sites is 1. The van der Waals surface area contributed by atoms with Gasteiger partial charge in [-0.1, -0.05) is 60.1 Å². The lowest BCUT2D eigenvalue weighted by atomic mass is 10.0. The summed E-state index contributed by atoms with van der Waals surface area (Å²) in [6.07, 6.45) is 2.05. The minimum Gasteiger partial charge on any atom is -0.318 e. The number of urea groups is 1. The second-order valence-corrected chi connectivity index (χ2v) is 8.57. The Kier molecular flexibility index (Phi) is 5.24. The molecule has 2 heterocycles. The SMILES string of the molecule is Cc1cccc(NC(=O)N2Cc3ccccc3-n3cccc3C2c2ccccc2Cl)c1C. The van der Waals surface area contributed by atoms with E-state index in [2.05, 4.69) is 28.1 Å². The fourth-order valence-corrected chi connectivity index (χ4v) is 4.68. The number of hydrogen-bond acceptors (Lipinski definition) is 1. The first-order valence-electron chi connectivity index (χ1n) is 10.7. The average Bonchev–Trinajstić information content (AvgIpc) is 3.22. The quantitative estimate of drug-likeness (QED) is 0.361. The maximum atomic E-state index is 13.8. The largest absolute Gasteiger partial charge is 0.322 e. The van der Waals surface area contributed by atoms with Crippen LogP contribution >= 0.6 is 11.6 Å². The fraction of sp³-hybridized carbons (Fsp3) is 0.148. The predicted octanol–water partition coefficient (Wildman–Crippen LogP) is 6.88. The number of benzene rings is 3. The van der Waals surface area contributed by atoms with Crippen molar-refractivity contribution in [2.75, 3.05) is 5.32 Å². The molecule has 1 N–H and O–H groups in total. The average molecular weight is 442 g/mol. The summed E-state index contributed by atoms with van der Waals surface area (Å²) in [7, 11) is 0. The Hall–Kier alpha value is -3.50. The number of nitrogens with zero attached hydrogens (tertiary/aromatic N) is 2. The predicted molar refractivity (Wildman–Crippen MR) is 130 cm³/mol. The Balaban J connectivity index is 1.66. The van der Waals surface area contributed by atoms with Crippen LogP contribution in [0.2, 0.25) is 5.02 Å². The van der Waals surface area contributed by atoms with Crippen molar-refractivity contribution in [1.82, 2.24) is 9.47 Å². The third-order valence-electron chi connectivity index (χ3n) is 6.27. The van der Waals surface area contributed by atoms with Crippen LogP contribution < -0.4 is 5.32 Å². The van der Waals surface area contributed by atoms with Crippen molar-refractivity contribution in [1.29, 1.82) is 0 Å². The highest BCUT2D eigenvalue weighted by atomic mass is 35.5. The molecule has 32 heavy (non-hydrogen) atoms. The van der Waals surface area contributed by atoms with Gasteiger partial charge in [0.2, 0.25) is 0 Å². The van der Waals surface area contributed by atoms with Gasteiger partial charge in [-0.3, -0.25) is 0 Å². The number of aryl methyl sites for hydroxylation is 1. The van der Waals surface area contributed by atoms with Gasteiger partial charge in [-0.2, -0.15) is 0 Å². The molecule has 0 radical (unpaired) electrons. The van der Waals surface area contributed by atoms with Crippen molar-refractivity contribution in [3.8, 4) is 5.69 Å². The Morgan fingerprint density at radius 2 is 1.72 bits per heavy atom. The lowest BCUT2D eigenvalue weighted by Crippen LogP contribution is -2.38. The standard InChI is InChI=1S/C27H24ClN3O/c1-18-9-7-13-23(19(18)2)29-27(32)31-17-20-10-3-6-14-24(20)30-16-8-15-25(30)26(31)21-11-4-5-12-22(21)28/h3-16,26H,17H2,1-2H3,(H,29,32). The van der Waals surface area contributed by atoms with Gasteiger partial charge in [0.25, 0.3) is 0 Å². The molecule has 5 rings (SSSR count). The molecule has 1 unspecified atom stereocenters. The first-order chi connectivity index (χ1) is 15.5. The minimum absolute atomic E-state index is 0.159. The smallest absolute Gasteiger partial charge is 0.318 e. The van der Waals surface area contributed by atoms with Crippen LogP contribution in [0.5, 0.6) is 0 Å². The molecule has 1 atom stereocenters. The second kappa shape index (κ2) is 8.21. The van der Waals surface area contributed by atoms with Gasteiger partial charge in [-0.15, -0.1) is 0 Å². The number of fused-ring (bicyclic) bond motifs is 3. The van der Waals surface area contributed by atoms with Gasteiger partial charge < -0.3 is 14.8 Å². The van der Waals surface area contributed by atoms with Gasteiger partial charge in [0.05, 0.1) is 17.9 Å². The van der Waals surface area contributed by atoms with Gasteiger partial charge in [-0.25, -0.2) is 4.79 Å². The van der Waals surface area contributed by atoms with E-state index in [-0.39, 0.29) is 12.1 Å². The van der Waals surface area contributed by atoms with Gasteiger partial charge in [0, 0.05) is 16.9 Å². The van der Waals surface area contributed by atoms with Crippen molar-refractivity contribution in [3.05, 3.63) is 118 Å². The molecule has 4 aromatic rings. The zero-order valence-electron chi connectivity index (χ0n) is 18.0. The molecule has 5 heteroatoms. The molecular formula is C27H24ClN3O. The number of rotatable bonds is 2. The first-order valence-corrected chi connectivity index (χ1v) is 11.1. The molecule has 4 nitrogen and oxygen atoms in total. The zero-order valence-corrected chi connectivity index (χ0v) is 18.8. The highest BCUT2D eigenvalue weighted by molar-refractivity contribution is 6.31. The number of anilines is 1. The van der Waals surface area contributed by atoms with E-state index >= 15 is 0 Å². The van der Waals surface area contributed by atoms with Crippen LogP contribution in [0.25, 0.3) is 5.69 Å². The Morgan fingerprint density at radius 1 is 0.938 bits per heavy atom. The number of nitrogens with one attached hydrogen (secondary N) is 1. The highest BCUT2D eigenvalue weighted by Crippen LogP contribution is 2.39. The number of hydrogen-bond donors (Lipinski definition) is 1. The van der Waals surface area contributed by atoms with E-state index in [1.165, 1.54) is 0 Å². The molecule has 0 fully saturated rings. The van der Waals surface area contributed by atoms with E-state index in [0.717, 1.165) is 39.3 Å². The molecule has 160 valence electrons. The second-order valence-electron chi connectivity index (χ2n) is 8.16. The number of aromatic nitrogens is 1. The van der Waals surface area contributed by atoms with Crippen LogP contribution in [0, 0.1) is 13.8 Å². The number of halogens is 1. The molecular weight excluding hydrogens is 418 g/mol. The van der Waals surface area contributed by atoms with E-state index < -0.39 is 0 Å². The Morgan fingerprint density at radius 3 is 2.56 bits per heavy atom. The first kappa shape index (κ1) is 20.4.